The smallest absolute Gasteiger partial charge is 0.150 e. The van der Waals surface area contributed by atoms with Crippen LogP contribution in [-0.4, -0.2) is 0 Å². The molecule has 0 aliphatic rings. The Morgan fingerprint density at radius 1 is 0.818 bits per heavy atom. The van der Waals surface area contributed by atoms with Crippen molar-refractivity contribution in [2.24, 2.45) is 0 Å². The van der Waals surface area contributed by atoms with Crippen molar-refractivity contribution in [3.63, 3.8) is 0 Å². The summed E-state index contributed by atoms with van der Waals surface area (Å²) in [5, 5.41) is 0. The highest BCUT2D eigenvalue weighted by atomic mass is 79.9. The van der Waals surface area contributed by atoms with Crippen LogP contribution in [0.25, 0.3) is 0 Å². The van der Waals surface area contributed by atoms with Crippen LogP contribution in [0.15, 0.2) is 77.3 Å². The quantitative estimate of drug-likeness (QED) is 0.636. The van der Waals surface area contributed by atoms with Gasteiger partial charge < -0.3 is 10.5 Å². The molecule has 0 atom stereocenters. The molecule has 0 amide bonds. The van der Waals surface area contributed by atoms with Crippen molar-refractivity contribution in [1.29, 1.82) is 0 Å². The average Bonchev–Trinajstić information content (AvgIpc) is 2.53. The van der Waals surface area contributed by atoms with E-state index < -0.39 is 0 Å². The molecule has 0 saturated carbocycles. The van der Waals surface area contributed by atoms with Crippen molar-refractivity contribution >= 4 is 21.6 Å². The first kappa shape index (κ1) is 14.7. The van der Waals surface area contributed by atoms with Crippen LogP contribution >= 0.6 is 15.9 Å². The molecule has 3 heteroatoms. The number of rotatable bonds is 4. The molecule has 0 heterocycles. The molecule has 3 rings (SSSR count). The van der Waals surface area contributed by atoms with Crippen LogP contribution in [0.2, 0.25) is 0 Å². The van der Waals surface area contributed by atoms with Crippen molar-refractivity contribution in [2.75, 3.05) is 5.73 Å². The lowest BCUT2D eigenvalue weighted by atomic mass is 10.1. The molecule has 110 valence electrons. The van der Waals surface area contributed by atoms with E-state index in [2.05, 4.69) is 52.3 Å². The van der Waals surface area contributed by atoms with Gasteiger partial charge in [-0.15, -0.1) is 0 Å². The number of benzene rings is 3. The van der Waals surface area contributed by atoms with E-state index >= 15 is 0 Å². The molecule has 2 N–H and O–H groups in total. The standard InChI is InChI=1S/C19H16BrNO/c20-16-8-11-19(18(21)13-16)22-17-9-6-15(7-10-17)12-14-4-2-1-3-5-14/h1-11,13H,12,21H2. The lowest BCUT2D eigenvalue weighted by Gasteiger charge is -2.09. The summed E-state index contributed by atoms with van der Waals surface area (Å²) >= 11 is 3.39. The number of hydrogen-bond acceptors (Lipinski definition) is 2. The number of halogens is 1. The summed E-state index contributed by atoms with van der Waals surface area (Å²) in [6.45, 7) is 0. The molecule has 0 aromatic heterocycles. The Kier molecular flexibility index (Phi) is 4.45. The van der Waals surface area contributed by atoms with Gasteiger partial charge >= 0.3 is 0 Å². The zero-order valence-corrected chi connectivity index (χ0v) is 13.6. The second-order valence-electron chi connectivity index (χ2n) is 5.09. The van der Waals surface area contributed by atoms with Gasteiger partial charge in [0, 0.05) is 4.47 Å². The Labute approximate surface area is 138 Å². The highest BCUT2D eigenvalue weighted by Crippen LogP contribution is 2.30. The summed E-state index contributed by atoms with van der Waals surface area (Å²) in [5.74, 6) is 1.45. The topological polar surface area (TPSA) is 35.2 Å². The third-order valence-electron chi connectivity index (χ3n) is 3.37. The van der Waals surface area contributed by atoms with E-state index in [1.54, 1.807) is 0 Å². The van der Waals surface area contributed by atoms with Crippen LogP contribution in [0.5, 0.6) is 11.5 Å². The van der Waals surface area contributed by atoms with Crippen LogP contribution in [0.1, 0.15) is 11.1 Å². The fourth-order valence-corrected chi connectivity index (χ4v) is 2.62. The summed E-state index contributed by atoms with van der Waals surface area (Å²) < 4.78 is 6.76. The highest BCUT2D eigenvalue weighted by Gasteiger charge is 2.03. The lowest BCUT2D eigenvalue weighted by molar-refractivity contribution is 0.485. The van der Waals surface area contributed by atoms with Crippen LogP contribution in [-0.2, 0) is 6.42 Å². The molecule has 0 saturated heterocycles. The monoisotopic (exact) mass is 353 g/mol. The molecule has 0 radical (unpaired) electrons. The van der Waals surface area contributed by atoms with E-state index in [0.29, 0.717) is 11.4 Å². The van der Waals surface area contributed by atoms with E-state index in [9.17, 15) is 0 Å². The maximum absolute atomic E-state index is 5.95. The minimum atomic E-state index is 0.614. The Morgan fingerprint density at radius 2 is 1.50 bits per heavy atom. The Balaban J connectivity index is 1.71. The molecule has 3 aromatic rings. The Hall–Kier alpha value is -2.26. The summed E-state index contributed by atoms with van der Waals surface area (Å²) in [7, 11) is 0. The summed E-state index contributed by atoms with van der Waals surface area (Å²) in [4.78, 5) is 0. The van der Waals surface area contributed by atoms with Crippen molar-refractivity contribution < 1.29 is 4.74 Å². The highest BCUT2D eigenvalue weighted by molar-refractivity contribution is 9.10. The van der Waals surface area contributed by atoms with Gasteiger partial charge in [-0.2, -0.15) is 0 Å². The third kappa shape index (κ3) is 3.68. The number of anilines is 1. The average molecular weight is 354 g/mol. The first-order chi connectivity index (χ1) is 10.7. The summed E-state index contributed by atoms with van der Waals surface area (Å²) in [6, 6.07) is 24.1. The lowest BCUT2D eigenvalue weighted by Crippen LogP contribution is -1.92. The van der Waals surface area contributed by atoms with Crippen LogP contribution in [0.4, 0.5) is 5.69 Å². The molecule has 0 aliphatic carbocycles. The molecule has 22 heavy (non-hydrogen) atoms. The normalized spacial score (nSPS) is 10.4. The van der Waals surface area contributed by atoms with Gasteiger partial charge in [0.2, 0.25) is 0 Å². The Bertz CT molecular complexity index is 754. The van der Waals surface area contributed by atoms with Crippen LogP contribution in [0.3, 0.4) is 0 Å². The van der Waals surface area contributed by atoms with Gasteiger partial charge in [0.05, 0.1) is 5.69 Å². The van der Waals surface area contributed by atoms with Gasteiger partial charge in [0.25, 0.3) is 0 Å². The summed E-state index contributed by atoms with van der Waals surface area (Å²) in [5.41, 5.74) is 9.11. The third-order valence-corrected chi connectivity index (χ3v) is 3.87. The first-order valence-corrected chi connectivity index (χ1v) is 7.86. The van der Waals surface area contributed by atoms with Crippen molar-refractivity contribution in [1.82, 2.24) is 0 Å². The van der Waals surface area contributed by atoms with E-state index in [1.165, 1.54) is 11.1 Å². The van der Waals surface area contributed by atoms with Gasteiger partial charge in [0.15, 0.2) is 0 Å². The number of hydrogen-bond donors (Lipinski definition) is 1. The Morgan fingerprint density at radius 3 is 2.18 bits per heavy atom. The first-order valence-electron chi connectivity index (χ1n) is 7.06. The molecule has 0 fully saturated rings. The minimum Gasteiger partial charge on any atom is -0.455 e. The fourth-order valence-electron chi connectivity index (χ4n) is 2.25. The van der Waals surface area contributed by atoms with E-state index in [-0.39, 0.29) is 0 Å². The van der Waals surface area contributed by atoms with Crippen molar-refractivity contribution in [3.8, 4) is 11.5 Å². The van der Waals surface area contributed by atoms with Gasteiger partial charge in [-0.3, -0.25) is 0 Å². The fraction of sp³-hybridized carbons (Fsp3) is 0.0526. The SMILES string of the molecule is Nc1cc(Br)ccc1Oc1ccc(Cc2ccccc2)cc1. The molecular formula is C19H16BrNO. The van der Waals surface area contributed by atoms with E-state index in [0.717, 1.165) is 16.6 Å². The minimum absolute atomic E-state index is 0.614. The zero-order chi connectivity index (χ0) is 15.4. The summed E-state index contributed by atoms with van der Waals surface area (Å²) in [6.07, 6.45) is 0.918. The number of ether oxygens (including phenoxy) is 1. The largest absolute Gasteiger partial charge is 0.455 e. The second-order valence-corrected chi connectivity index (χ2v) is 6.01. The van der Waals surface area contributed by atoms with Crippen molar-refractivity contribution in [2.45, 2.75) is 6.42 Å². The molecule has 3 aromatic carbocycles. The number of nitrogens with two attached hydrogens (primary N) is 1. The molecule has 0 unspecified atom stereocenters. The predicted octanol–water partition coefficient (Wildman–Crippen LogP) is 5.41. The molecule has 2 nitrogen and oxygen atoms in total. The van der Waals surface area contributed by atoms with Crippen LogP contribution < -0.4 is 10.5 Å². The number of nitrogen functional groups attached to an aromatic ring is 1. The van der Waals surface area contributed by atoms with Gasteiger partial charge in [0.1, 0.15) is 11.5 Å². The molecule has 0 spiro atoms. The van der Waals surface area contributed by atoms with Crippen LogP contribution in [0, 0.1) is 0 Å². The molecule has 0 bridgehead atoms. The van der Waals surface area contributed by atoms with Crippen molar-refractivity contribution in [3.05, 3.63) is 88.4 Å². The predicted molar refractivity (Wildman–Crippen MR) is 94.3 cm³/mol. The van der Waals surface area contributed by atoms with Gasteiger partial charge in [-0.1, -0.05) is 58.4 Å². The second kappa shape index (κ2) is 6.67. The maximum atomic E-state index is 5.95. The molecular weight excluding hydrogens is 338 g/mol. The molecule has 0 aliphatic heterocycles. The zero-order valence-electron chi connectivity index (χ0n) is 12.0. The van der Waals surface area contributed by atoms with Gasteiger partial charge in [-0.25, -0.2) is 0 Å². The van der Waals surface area contributed by atoms with Gasteiger partial charge in [-0.05, 0) is 47.9 Å². The van der Waals surface area contributed by atoms with E-state index in [1.807, 2.05) is 36.4 Å². The maximum Gasteiger partial charge on any atom is 0.150 e. The van der Waals surface area contributed by atoms with E-state index in [4.69, 9.17) is 10.5 Å².